The molecular weight excluding hydrogens is 406 g/mol. The molecule has 3 aromatic carbocycles. The van der Waals surface area contributed by atoms with Crippen LogP contribution in [0.15, 0.2) is 72.8 Å². The number of hydrogen-bond donors (Lipinski definition) is 1. The van der Waals surface area contributed by atoms with E-state index in [0.29, 0.717) is 6.54 Å². The van der Waals surface area contributed by atoms with E-state index in [0.717, 1.165) is 25.9 Å². The quantitative estimate of drug-likeness (QED) is 0.571. The van der Waals surface area contributed by atoms with E-state index in [1.165, 1.54) is 33.4 Å². The van der Waals surface area contributed by atoms with Crippen molar-refractivity contribution < 1.29 is 9.90 Å². The molecule has 1 N–H and O–H groups in total. The fourth-order valence-electron chi connectivity index (χ4n) is 7.53. The Morgan fingerprint density at radius 2 is 1.76 bits per heavy atom. The van der Waals surface area contributed by atoms with Gasteiger partial charge in [-0.2, -0.15) is 0 Å². The van der Waals surface area contributed by atoms with E-state index in [2.05, 4.69) is 85.5 Å². The van der Waals surface area contributed by atoms with Gasteiger partial charge in [-0.05, 0) is 60.1 Å². The summed E-state index contributed by atoms with van der Waals surface area (Å²) < 4.78 is 0. The van der Waals surface area contributed by atoms with E-state index in [1.807, 2.05) is 6.07 Å². The van der Waals surface area contributed by atoms with Gasteiger partial charge in [-0.15, -0.1) is 0 Å². The summed E-state index contributed by atoms with van der Waals surface area (Å²) in [6.07, 6.45) is 1.96. The molecule has 0 radical (unpaired) electrons. The average molecular weight is 438 g/mol. The van der Waals surface area contributed by atoms with Crippen LogP contribution in [0, 0.1) is 25.2 Å². The van der Waals surface area contributed by atoms with Crippen molar-refractivity contribution in [2.45, 2.75) is 44.6 Å². The van der Waals surface area contributed by atoms with Crippen LogP contribution in [0.5, 0.6) is 0 Å². The van der Waals surface area contributed by atoms with Gasteiger partial charge in [0.05, 0.1) is 5.41 Å². The third kappa shape index (κ3) is 2.75. The molecule has 2 bridgehead atoms. The highest BCUT2D eigenvalue weighted by atomic mass is 16.4. The van der Waals surface area contributed by atoms with Crippen LogP contribution in [0.2, 0.25) is 0 Å². The molecule has 3 aliphatic carbocycles. The highest BCUT2D eigenvalue weighted by molar-refractivity contribution is 5.80. The summed E-state index contributed by atoms with van der Waals surface area (Å²) in [7, 11) is 0. The van der Waals surface area contributed by atoms with Crippen LogP contribution in [-0.2, 0) is 16.8 Å². The molecule has 33 heavy (non-hydrogen) atoms. The van der Waals surface area contributed by atoms with Gasteiger partial charge in [0, 0.05) is 36.9 Å². The van der Waals surface area contributed by atoms with E-state index in [-0.39, 0.29) is 17.3 Å². The minimum absolute atomic E-state index is 0.0574. The molecule has 0 amide bonds. The first-order valence-corrected chi connectivity index (χ1v) is 12.1. The Morgan fingerprint density at radius 3 is 2.52 bits per heavy atom. The van der Waals surface area contributed by atoms with Crippen molar-refractivity contribution in [2.75, 3.05) is 13.1 Å². The Labute approximate surface area is 196 Å². The van der Waals surface area contributed by atoms with Crippen LogP contribution < -0.4 is 0 Å². The number of hydrogen-bond acceptors (Lipinski definition) is 2. The molecule has 3 nitrogen and oxygen atoms in total. The molecule has 4 aliphatic rings. The topological polar surface area (TPSA) is 40.5 Å². The van der Waals surface area contributed by atoms with Gasteiger partial charge in [0.2, 0.25) is 0 Å². The Hall–Kier alpha value is -2.91. The van der Waals surface area contributed by atoms with E-state index in [9.17, 15) is 9.90 Å². The van der Waals surface area contributed by atoms with E-state index in [1.54, 1.807) is 0 Å². The molecule has 2 fully saturated rings. The number of likely N-dealkylation sites (tertiary alicyclic amines) is 1. The van der Waals surface area contributed by atoms with Crippen molar-refractivity contribution in [3.8, 4) is 0 Å². The minimum atomic E-state index is -0.750. The number of fused-ring (bicyclic) bond motifs is 1. The Bertz CT molecular complexity index is 1240. The summed E-state index contributed by atoms with van der Waals surface area (Å²) in [5.41, 5.74) is 6.75. The van der Waals surface area contributed by atoms with Crippen LogP contribution >= 0.6 is 0 Å². The van der Waals surface area contributed by atoms with Crippen LogP contribution in [0.4, 0.5) is 0 Å². The van der Waals surface area contributed by atoms with E-state index < -0.39 is 11.4 Å². The molecule has 7 rings (SSSR count). The van der Waals surface area contributed by atoms with Crippen molar-refractivity contribution in [3.05, 3.63) is 106 Å². The van der Waals surface area contributed by atoms with Gasteiger partial charge >= 0.3 is 5.97 Å². The van der Waals surface area contributed by atoms with Crippen LogP contribution in [0.25, 0.3) is 0 Å². The summed E-state index contributed by atoms with van der Waals surface area (Å²) in [4.78, 5) is 15.6. The fraction of sp³-hybridized carbons (Fsp3) is 0.367. The Kier molecular flexibility index (Phi) is 4.57. The number of aliphatic carboxylic acids is 1. The average Bonchev–Trinajstić information content (AvgIpc) is 3.24. The Balaban J connectivity index is 1.55. The van der Waals surface area contributed by atoms with Crippen LogP contribution in [0.3, 0.4) is 0 Å². The molecular formula is C30H31NO2. The lowest BCUT2D eigenvalue weighted by Gasteiger charge is -2.59. The lowest BCUT2D eigenvalue weighted by atomic mass is 9.42. The van der Waals surface area contributed by atoms with E-state index in [4.69, 9.17) is 0 Å². The number of nitrogens with zero attached hydrogens (tertiary/aromatic N) is 1. The van der Waals surface area contributed by atoms with Crippen molar-refractivity contribution in [1.82, 2.24) is 4.90 Å². The third-order valence-electron chi connectivity index (χ3n) is 9.08. The number of aryl methyl sites for hydroxylation is 2. The highest BCUT2D eigenvalue weighted by Gasteiger charge is 2.70. The van der Waals surface area contributed by atoms with Gasteiger partial charge in [-0.25, -0.2) is 0 Å². The molecule has 4 atom stereocenters. The van der Waals surface area contributed by atoms with Crippen molar-refractivity contribution >= 4 is 5.97 Å². The van der Waals surface area contributed by atoms with Crippen molar-refractivity contribution in [3.63, 3.8) is 0 Å². The minimum Gasteiger partial charge on any atom is -0.481 e. The molecule has 3 aromatic rings. The SMILES string of the molecule is Cc1ccc(C23CCC(c4ccccc42)C2(C(=O)O)CN(Cc4ccccc4)CC32)cc1C. The largest absolute Gasteiger partial charge is 0.481 e. The maximum absolute atomic E-state index is 13.2. The molecule has 1 heterocycles. The number of benzene rings is 3. The van der Waals surface area contributed by atoms with Crippen LogP contribution in [-0.4, -0.2) is 29.1 Å². The second-order valence-corrected chi connectivity index (χ2v) is 10.5. The highest BCUT2D eigenvalue weighted by Crippen LogP contribution is 2.69. The molecule has 3 heteroatoms. The molecule has 1 saturated carbocycles. The van der Waals surface area contributed by atoms with E-state index >= 15 is 0 Å². The second-order valence-electron chi connectivity index (χ2n) is 10.5. The Morgan fingerprint density at radius 1 is 1.00 bits per heavy atom. The summed E-state index contributed by atoms with van der Waals surface area (Å²) in [5.74, 6) is -0.483. The first-order chi connectivity index (χ1) is 16.0. The summed E-state index contributed by atoms with van der Waals surface area (Å²) in [5, 5.41) is 10.9. The number of carboxylic acid groups (broad SMARTS) is 1. The monoisotopic (exact) mass is 437 g/mol. The fourth-order valence-corrected chi connectivity index (χ4v) is 7.53. The number of carbonyl (C=O) groups is 1. The molecule has 0 spiro atoms. The van der Waals surface area contributed by atoms with Gasteiger partial charge in [-0.1, -0.05) is 72.8 Å². The smallest absolute Gasteiger partial charge is 0.311 e. The van der Waals surface area contributed by atoms with Gasteiger partial charge in [-0.3, -0.25) is 9.69 Å². The summed E-state index contributed by atoms with van der Waals surface area (Å²) in [6, 6.07) is 26.0. The molecule has 4 unspecified atom stereocenters. The number of rotatable bonds is 4. The zero-order valence-electron chi connectivity index (χ0n) is 19.4. The standard InChI is InChI=1S/C30H31NO2/c1-20-12-13-23(16-21(20)2)29-15-14-26(24-10-6-7-11-25(24)29)30(28(32)33)19-31(18-27(29)30)17-22-8-4-3-5-9-22/h3-13,16,26-27H,14-15,17-19H2,1-2H3,(H,32,33). The lowest BCUT2D eigenvalue weighted by Crippen LogP contribution is -2.60. The van der Waals surface area contributed by atoms with Crippen LogP contribution in [0.1, 0.15) is 52.1 Å². The zero-order chi connectivity index (χ0) is 22.8. The van der Waals surface area contributed by atoms with Gasteiger partial charge in [0.15, 0.2) is 0 Å². The van der Waals surface area contributed by atoms with Gasteiger partial charge in [0.25, 0.3) is 0 Å². The van der Waals surface area contributed by atoms with Crippen molar-refractivity contribution in [2.24, 2.45) is 11.3 Å². The first kappa shape index (κ1) is 20.7. The molecule has 1 saturated heterocycles. The molecule has 168 valence electrons. The number of carboxylic acids is 1. The summed E-state index contributed by atoms with van der Waals surface area (Å²) >= 11 is 0. The zero-order valence-corrected chi connectivity index (χ0v) is 19.4. The normalized spacial score (nSPS) is 30.1. The van der Waals surface area contributed by atoms with Crippen molar-refractivity contribution in [1.29, 1.82) is 0 Å². The predicted octanol–water partition coefficient (Wildman–Crippen LogP) is 5.68. The lowest BCUT2D eigenvalue weighted by molar-refractivity contribution is -0.157. The van der Waals surface area contributed by atoms with Gasteiger partial charge in [0.1, 0.15) is 0 Å². The molecule has 0 aromatic heterocycles. The van der Waals surface area contributed by atoms with Gasteiger partial charge < -0.3 is 5.11 Å². The third-order valence-corrected chi connectivity index (χ3v) is 9.08. The summed E-state index contributed by atoms with van der Waals surface area (Å²) in [6.45, 7) is 6.57. The second kappa shape index (κ2) is 7.30. The maximum Gasteiger partial charge on any atom is 0.311 e. The maximum atomic E-state index is 13.2. The first-order valence-electron chi connectivity index (χ1n) is 12.1. The molecule has 1 aliphatic heterocycles. The predicted molar refractivity (Wildman–Crippen MR) is 130 cm³/mol.